The van der Waals surface area contributed by atoms with Crippen molar-refractivity contribution in [2.75, 3.05) is 7.11 Å². The van der Waals surface area contributed by atoms with E-state index in [4.69, 9.17) is 10.00 Å². The fourth-order valence-corrected chi connectivity index (χ4v) is 2.63. The molecule has 0 saturated heterocycles. The first kappa shape index (κ1) is 12.7. The highest BCUT2D eigenvalue weighted by Gasteiger charge is 2.16. The van der Waals surface area contributed by atoms with Crippen molar-refractivity contribution in [3.05, 3.63) is 35.0 Å². The Bertz CT molecular complexity index is 668. The number of aromatic nitrogens is 1. The average molecular weight is 307 g/mol. The molecule has 1 aromatic heterocycles. The lowest BCUT2D eigenvalue weighted by Crippen LogP contribution is -2.05. The third-order valence-corrected chi connectivity index (χ3v) is 3.55. The minimum atomic E-state index is -0.367. The Kier molecular flexibility index (Phi) is 3.39. The zero-order valence-corrected chi connectivity index (χ0v) is 11.6. The van der Waals surface area contributed by atoms with E-state index in [9.17, 15) is 4.79 Å². The van der Waals surface area contributed by atoms with Gasteiger partial charge in [-0.1, -0.05) is 15.9 Å². The molecule has 2 aromatic rings. The van der Waals surface area contributed by atoms with Crippen LogP contribution in [0.1, 0.15) is 21.6 Å². The maximum Gasteiger partial charge on any atom is 0.338 e. The fourth-order valence-electron chi connectivity index (χ4n) is 2.02. The van der Waals surface area contributed by atoms with Crippen molar-refractivity contribution in [1.82, 2.24) is 4.57 Å². The van der Waals surface area contributed by atoms with Crippen molar-refractivity contribution < 1.29 is 9.53 Å². The molecule has 1 heterocycles. The summed E-state index contributed by atoms with van der Waals surface area (Å²) in [5.74, 6) is -0.367. The van der Waals surface area contributed by atoms with Gasteiger partial charge >= 0.3 is 5.97 Å². The van der Waals surface area contributed by atoms with Crippen LogP contribution in [0, 0.1) is 11.3 Å². The average Bonchev–Trinajstić information content (AvgIpc) is 2.73. The normalized spacial score (nSPS) is 10.3. The van der Waals surface area contributed by atoms with Gasteiger partial charge in [0.2, 0.25) is 0 Å². The Morgan fingerprint density at radius 1 is 1.56 bits per heavy atom. The monoisotopic (exact) mass is 306 g/mol. The lowest BCUT2D eigenvalue weighted by Gasteiger charge is -2.07. The molecule has 0 N–H and O–H groups in total. The number of hydrogen-bond acceptors (Lipinski definition) is 3. The molecule has 0 radical (unpaired) electrons. The number of nitriles is 1. The van der Waals surface area contributed by atoms with Gasteiger partial charge in [0.1, 0.15) is 11.8 Å². The first-order valence-corrected chi connectivity index (χ1v) is 6.41. The van der Waals surface area contributed by atoms with E-state index in [0.29, 0.717) is 16.6 Å². The lowest BCUT2D eigenvalue weighted by atomic mass is 10.0. The highest BCUT2D eigenvalue weighted by atomic mass is 79.9. The summed E-state index contributed by atoms with van der Waals surface area (Å²) < 4.78 is 6.57. The number of carbonyl (C=O) groups excluding carboxylic acids is 1. The molecule has 0 bridgehead atoms. The number of benzene rings is 1. The number of rotatable bonds is 2. The van der Waals surface area contributed by atoms with Gasteiger partial charge in [0.05, 0.1) is 12.7 Å². The smallest absolute Gasteiger partial charge is 0.338 e. The van der Waals surface area contributed by atoms with E-state index >= 15 is 0 Å². The number of hydrogen-bond donors (Lipinski definition) is 0. The molecule has 92 valence electrons. The molecule has 0 saturated carbocycles. The SMILES string of the molecule is COC(=O)c1ccc2c(cc(C#N)n2C)c1CBr. The van der Waals surface area contributed by atoms with E-state index in [1.165, 1.54) is 7.11 Å². The van der Waals surface area contributed by atoms with Gasteiger partial charge in [0.25, 0.3) is 0 Å². The first-order valence-electron chi connectivity index (χ1n) is 5.29. The van der Waals surface area contributed by atoms with Gasteiger partial charge in [-0.15, -0.1) is 0 Å². The summed E-state index contributed by atoms with van der Waals surface area (Å²) in [7, 11) is 3.19. The van der Waals surface area contributed by atoms with Crippen molar-refractivity contribution in [2.24, 2.45) is 7.05 Å². The van der Waals surface area contributed by atoms with Crippen LogP contribution in [0.3, 0.4) is 0 Å². The predicted octanol–water partition coefficient (Wildman–Crippen LogP) is 2.73. The van der Waals surface area contributed by atoms with E-state index in [1.54, 1.807) is 12.1 Å². The second-order valence-electron chi connectivity index (χ2n) is 3.85. The third-order valence-electron chi connectivity index (χ3n) is 2.99. The molecular formula is C13H11BrN2O2. The number of halogens is 1. The molecule has 0 fully saturated rings. The van der Waals surface area contributed by atoms with Crippen LogP contribution < -0.4 is 0 Å². The summed E-state index contributed by atoms with van der Waals surface area (Å²) in [6.07, 6.45) is 0. The molecular weight excluding hydrogens is 296 g/mol. The molecule has 1 aromatic carbocycles. The molecule has 4 nitrogen and oxygen atoms in total. The molecule has 0 unspecified atom stereocenters. The molecule has 0 amide bonds. The Hall–Kier alpha value is -1.80. The van der Waals surface area contributed by atoms with Crippen molar-refractivity contribution in [1.29, 1.82) is 5.26 Å². The molecule has 18 heavy (non-hydrogen) atoms. The molecule has 0 spiro atoms. The summed E-state index contributed by atoms with van der Waals surface area (Å²) in [5.41, 5.74) is 2.86. The topological polar surface area (TPSA) is 55.0 Å². The minimum Gasteiger partial charge on any atom is -0.465 e. The summed E-state index contributed by atoms with van der Waals surface area (Å²) in [6.45, 7) is 0. The summed E-state index contributed by atoms with van der Waals surface area (Å²) >= 11 is 3.38. The number of methoxy groups -OCH3 is 1. The van der Waals surface area contributed by atoms with Crippen LogP contribution in [0.2, 0.25) is 0 Å². The molecule has 2 rings (SSSR count). The van der Waals surface area contributed by atoms with Crippen LogP contribution in [-0.2, 0) is 17.1 Å². The van der Waals surface area contributed by atoms with Gasteiger partial charge in [-0.25, -0.2) is 4.79 Å². The maximum absolute atomic E-state index is 11.7. The highest BCUT2D eigenvalue weighted by molar-refractivity contribution is 9.08. The van der Waals surface area contributed by atoms with Crippen LogP contribution >= 0.6 is 15.9 Å². The van der Waals surface area contributed by atoms with E-state index in [1.807, 2.05) is 17.7 Å². The number of fused-ring (bicyclic) bond motifs is 1. The molecule has 0 aliphatic heterocycles. The van der Waals surface area contributed by atoms with E-state index in [0.717, 1.165) is 16.5 Å². The molecule has 0 aliphatic rings. The quantitative estimate of drug-likeness (QED) is 0.633. The Balaban J connectivity index is 2.80. The van der Waals surface area contributed by atoms with Crippen molar-refractivity contribution in [3.8, 4) is 6.07 Å². The van der Waals surface area contributed by atoms with Crippen molar-refractivity contribution in [3.63, 3.8) is 0 Å². The predicted molar refractivity (Wildman–Crippen MR) is 71.6 cm³/mol. The lowest BCUT2D eigenvalue weighted by molar-refractivity contribution is 0.0600. The van der Waals surface area contributed by atoms with Crippen LogP contribution in [-0.4, -0.2) is 17.6 Å². The number of aryl methyl sites for hydroxylation is 1. The number of alkyl halides is 1. The van der Waals surface area contributed by atoms with E-state index < -0.39 is 0 Å². The minimum absolute atomic E-state index is 0.367. The molecule has 0 aliphatic carbocycles. The summed E-state index contributed by atoms with van der Waals surface area (Å²) in [4.78, 5) is 11.7. The van der Waals surface area contributed by atoms with E-state index in [2.05, 4.69) is 22.0 Å². The standard InChI is InChI=1S/C13H11BrN2O2/c1-16-8(7-15)5-10-11(6-14)9(13(17)18-2)3-4-12(10)16/h3-5H,6H2,1-2H3. The van der Waals surface area contributed by atoms with Crippen LogP contribution in [0.4, 0.5) is 0 Å². The van der Waals surface area contributed by atoms with Gasteiger partial charge in [-0.3, -0.25) is 0 Å². The van der Waals surface area contributed by atoms with Gasteiger partial charge in [-0.05, 0) is 23.8 Å². The maximum atomic E-state index is 11.7. The third kappa shape index (κ3) is 1.79. The van der Waals surface area contributed by atoms with Crippen LogP contribution in [0.25, 0.3) is 10.9 Å². The first-order chi connectivity index (χ1) is 8.63. The summed E-state index contributed by atoms with van der Waals surface area (Å²) in [5, 5.41) is 10.5. The summed E-state index contributed by atoms with van der Waals surface area (Å²) in [6, 6.07) is 7.48. The Morgan fingerprint density at radius 3 is 2.83 bits per heavy atom. The second-order valence-corrected chi connectivity index (χ2v) is 4.41. The van der Waals surface area contributed by atoms with Crippen LogP contribution in [0.5, 0.6) is 0 Å². The number of ether oxygens (including phenoxy) is 1. The number of carbonyl (C=O) groups is 1. The fraction of sp³-hybridized carbons (Fsp3) is 0.231. The Labute approximate surface area is 113 Å². The largest absolute Gasteiger partial charge is 0.465 e. The zero-order valence-electron chi connectivity index (χ0n) is 10.0. The number of esters is 1. The van der Waals surface area contributed by atoms with Gasteiger partial charge < -0.3 is 9.30 Å². The Morgan fingerprint density at radius 2 is 2.28 bits per heavy atom. The van der Waals surface area contributed by atoms with Crippen molar-refractivity contribution >= 4 is 32.8 Å². The molecule has 5 heteroatoms. The highest BCUT2D eigenvalue weighted by Crippen LogP contribution is 2.27. The zero-order chi connectivity index (χ0) is 13.3. The molecule has 0 atom stereocenters. The number of nitrogens with zero attached hydrogens (tertiary/aromatic N) is 2. The van der Waals surface area contributed by atoms with E-state index in [-0.39, 0.29) is 5.97 Å². The van der Waals surface area contributed by atoms with Crippen LogP contribution in [0.15, 0.2) is 18.2 Å². The van der Waals surface area contributed by atoms with Gasteiger partial charge in [0.15, 0.2) is 0 Å². The van der Waals surface area contributed by atoms with Gasteiger partial charge in [0, 0.05) is 23.3 Å². The second kappa shape index (κ2) is 4.83. The van der Waals surface area contributed by atoms with Crippen molar-refractivity contribution in [2.45, 2.75) is 5.33 Å². The van der Waals surface area contributed by atoms with Gasteiger partial charge in [-0.2, -0.15) is 5.26 Å².